The van der Waals surface area contributed by atoms with E-state index in [4.69, 9.17) is 4.74 Å². The predicted molar refractivity (Wildman–Crippen MR) is 103 cm³/mol. The molecule has 142 valence electrons. The Hall–Kier alpha value is -2.14. The molecule has 0 aromatic heterocycles. The zero-order chi connectivity index (χ0) is 19.2. The molecule has 0 unspecified atom stereocenters. The Morgan fingerprint density at radius 2 is 2.04 bits per heavy atom. The number of hydrogen-bond donors (Lipinski definition) is 1. The molecule has 1 fully saturated rings. The lowest BCUT2D eigenvalue weighted by Crippen LogP contribution is -2.54. The number of piperidine rings is 1. The lowest BCUT2D eigenvalue weighted by Gasteiger charge is -2.41. The summed E-state index contributed by atoms with van der Waals surface area (Å²) in [7, 11) is 0. The molecule has 1 heterocycles. The van der Waals surface area contributed by atoms with Gasteiger partial charge in [0.25, 0.3) is 0 Å². The van der Waals surface area contributed by atoms with Crippen LogP contribution in [0.25, 0.3) is 0 Å². The number of allylic oxidation sites excluding steroid dienone is 1. The van der Waals surface area contributed by atoms with Crippen LogP contribution >= 0.6 is 0 Å². The first kappa shape index (κ1) is 20.2. The van der Waals surface area contributed by atoms with E-state index in [0.717, 1.165) is 13.1 Å². The molecule has 0 spiro atoms. The van der Waals surface area contributed by atoms with Gasteiger partial charge in [-0.2, -0.15) is 0 Å². The third-order valence-corrected chi connectivity index (χ3v) is 4.53. The molecule has 1 aromatic carbocycles. The molecule has 5 heteroatoms. The van der Waals surface area contributed by atoms with Crippen LogP contribution in [0.1, 0.15) is 39.2 Å². The number of likely N-dealkylation sites (tertiary alicyclic amines) is 1. The Morgan fingerprint density at radius 1 is 1.35 bits per heavy atom. The monoisotopic (exact) mass is 358 g/mol. The van der Waals surface area contributed by atoms with E-state index >= 15 is 0 Å². The second-order valence-corrected chi connectivity index (χ2v) is 8.00. The minimum Gasteiger partial charge on any atom is -0.444 e. The van der Waals surface area contributed by atoms with E-state index in [1.54, 1.807) is 6.08 Å². The van der Waals surface area contributed by atoms with E-state index in [1.807, 2.05) is 39.0 Å². The number of amides is 1. The number of nitrogens with one attached hydrogen (secondary N) is 1. The molecular weight excluding hydrogens is 328 g/mol. The standard InChI is InChI=1S/C21H30N2O3/c1-5-12-21(15-22-19(25)26-20(2,3)4)16-23(13-11-18(21)24)14-17-9-7-6-8-10-17/h5-10H,1,11-16H2,2-4H3,(H,22,25)/t21-/m0/s1. The SMILES string of the molecule is C=CC[C@]1(CNC(=O)OC(C)(C)C)CN(Cc2ccccc2)CCC1=O. The quantitative estimate of drug-likeness (QED) is 0.790. The first-order valence-electron chi connectivity index (χ1n) is 9.11. The van der Waals surface area contributed by atoms with Gasteiger partial charge in [0.15, 0.2) is 0 Å². The number of hydrogen-bond acceptors (Lipinski definition) is 4. The summed E-state index contributed by atoms with van der Waals surface area (Å²) in [6.07, 6.45) is 2.29. The molecule has 0 radical (unpaired) electrons. The average Bonchev–Trinajstić information content (AvgIpc) is 2.56. The summed E-state index contributed by atoms with van der Waals surface area (Å²) in [5.41, 5.74) is 0.00606. The molecule has 0 bridgehead atoms. The van der Waals surface area contributed by atoms with E-state index in [9.17, 15) is 9.59 Å². The van der Waals surface area contributed by atoms with Crippen molar-refractivity contribution >= 4 is 11.9 Å². The predicted octanol–water partition coefficient (Wildman–Crippen LogP) is 3.55. The summed E-state index contributed by atoms with van der Waals surface area (Å²) < 4.78 is 5.31. The highest BCUT2D eigenvalue weighted by molar-refractivity contribution is 5.87. The maximum absolute atomic E-state index is 12.7. The Morgan fingerprint density at radius 3 is 2.65 bits per heavy atom. The van der Waals surface area contributed by atoms with Gasteiger partial charge >= 0.3 is 6.09 Å². The van der Waals surface area contributed by atoms with Crippen molar-refractivity contribution in [3.05, 3.63) is 48.6 Å². The maximum atomic E-state index is 12.7. The minimum absolute atomic E-state index is 0.178. The number of ether oxygens (including phenoxy) is 1. The number of carbonyl (C=O) groups is 2. The van der Waals surface area contributed by atoms with Crippen molar-refractivity contribution in [3.63, 3.8) is 0 Å². The number of benzene rings is 1. The summed E-state index contributed by atoms with van der Waals surface area (Å²) in [6, 6.07) is 10.2. The fourth-order valence-electron chi connectivity index (χ4n) is 3.33. The van der Waals surface area contributed by atoms with Gasteiger partial charge in [0.1, 0.15) is 11.4 Å². The second kappa shape index (κ2) is 8.49. The Bertz CT molecular complexity index is 636. The number of carbonyl (C=O) groups excluding carboxylic acids is 2. The van der Waals surface area contributed by atoms with Gasteiger partial charge in [-0.15, -0.1) is 6.58 Å². The lowest BCUT2D eigenvalue weighted by molar-refractivity contribution is -0.133. The molecule has 1 saturated heterocycles. The topological polar surface area (TPSA) is 58.6 Å². The van der Waals surface area contributed by atoms with Crippen LogP contribution in [0.4, 0.5) is 4.79 Å². The van der Waals surface area contributed by atoms with Gasteiger partial charge in [-0.25, -0.2) is 4.79 Å². The first-order valence-corrected chi connectivity index (χ1v) is 9.11. The summed E-state index contributed by atoms with van der Waals surface area (Å²) in [5, 5.41) is 2.79. The maximum Gasteiger partial charge on any atom is 0.407 e. The molecule has 1 aromatic rings. The summed E-state index contributed by atoms with van der Waals surface area (Å²) in [5.74, 6) is 0.178. The van der Waals surface area contributed by atoms with Crippen LogP contribution in [0.15, 0.2) is 43.0 Å². The van der Waals surface area contributed by atoms with E-state index in [-0.39, 0.29) is 12.3 Å². The highest BCUT2D eigenvalue weighted by atomic mass is 16.6. The zero-order valence-electron chi connectivity index (χ0n) is 16.1. The van der Waals surface area contributed by atoms with Crippen molar-refractivity contribution in [2.24, 2.45) is 5.41 Å². The van der Waals surface area contributed by atoms with Gasteiger partial charge in [-0.1, -0.05) is 36.4 Å². The van der Waals surface area contributed by atoms with Crippen molar-refractivity contribution in [3.8, 4) is 0 Å². The van der Waals surface area contributed by atoms with Gasteiger partial charge in [0.05, 0.1) is 5.41 Å². The number of Topliss-reactive ketones (excluding diaryl/α,β-unsaturated/α-hetero) is 1. The van der Waals surface area contributed by atoms with E-state index < -0.39 is 17.1 Å². The molecule has 2 rings (SSSR count). The van der Waals surface area contributed by atoms with Crippen LogP contribution in [-0.2, 0) is 16.1 Å². The summed E-state index contributed by atoms with van der Waals surface area (Å²) >= 11 is 0. The number of ketones is 1. The van der Waals surface area contributed by atoms with Gasteiger partial charge in [0, 0.05) is 32.6 Å². The van der Waals surface area contributed by atoms with E-state index in [2.05, 4.69) is 28.9 Å². The molecule has 1 aliphatic rings. The first-order chi connectivity index (χ1) is 12.2. The number of alkyl carbamates (subject to hydrolysis) is 1. The highest BCUT2D eigenvalue weighted by Crippen LogP contribution is 2.31. The largest absolute Gasteiger partial charge is 0.444 e. The molecule has 26 heavy (non-hydrogen) atoms. The fourth-order valence-corrected chi connectivity index (χ4v) is 3.33. The highest BCUT2D eigenvalue weighted by Gasteiger charge is 2.42. The summed E-state index contributed by atoms with van der Waals surface area (Å²) in [6.45, 7) is 11.7. The van der Waals surface area contributed by atoms with Crippen LogP contribution in [0.2, 0.25) is 0 Å². The number of rotatable bonds is 6. The Kier molecular flexibility index (Phi) is 6.59. The third kappa shape index (κ3) is 5.70. The van der Waals surface area contributed by atoms with Crippen molar-refractivity contribution in [1.29, 1.82) is 0 Å². The van der Waals surface area contributed by atoms with Gasteiger partial charge in [-0.05, 0) is 32.8 Å². The van der Waals surface area contributed by atoms with Crippen molar-refractivity contribution in [1.82, 2.24) is 10.2 Å². The molecule has 5 nitrogen and oxygen atoms in total. The molecule has 1 aliphatic heterocycles. The fraction of sp³-hybridized carbons (Fsp3) is 0.524. The van der Waals surface area contributed by atoms with Crippen LogP contribution in [0.5, 0.6) is 0 Å². The smallest absolute Gasteiger partial charge is 0.407 e. The molecular formula is C21H30N2O3. The van der Waals surface area contributed by atoms with Crippen molar-refractivity contribution < 1.29 is 14.3 Å². The zero-order valence-corrected chi connectivity index (χ0v) is 16.1. The van der Waals surface area contributed by atoms with Crippen molar-refractivity contribution in [2.75, 3.05) is 19.6 Å². The normalized spacial score (nSPS) is 21.3. The van der Waals surface area contributed by atoms with Crippen molar-refractivity contribution in [2.45, 2.75) is 45.8 Å². The van der Waals surface area contributed by atoms with E-state index in [0.29, 0.717) is 19.4 Å². The third-order valence-electron chi connectivity index (χ3n) is 4.53. The Labute approximate surface area is 156 Å². The van der Waals surface area contributed by atoms with Crippen LogP contribution in [0.3, 0.4) is 0 Å². The average molecular weight is 358 g/mol. The minimum atomic E-state index is -0.647. The second-order valence-electron chi connectivity index (χ2n) is 8.00. The van der Waals surface area contributed by atoms with Gasteiger partial charge in [0.2, 0.25) is 0 Å². The van der Waals surface area contributed by atoms with Gasteiger partial charge in [-0.3, -0.25) is 9.69 Å². The van der Waals surface area contributed by atoms with Crippen LogP contribution < -0.4 is 5.32 Å². The number of nitrogens with zero attached hydrogens (tertiary/aromatic N) is 1. The molecule has 1 amide bonds. The van der Waals surface area contributed by atoms with Crippen LogP contribution in [0, 0.1) is 5.41 Å². The van der Waals surface area contributed by atoms with Crippen LogP contribution in [-0.4, -0.2) is 42.0 Å². The van der Waals surface area contributed by atoms with Gasteiger partial charge < -0.3 is 10.1 Å². The molecule has 1 N–H and O–H groups in total. The summed E-state index contributed by atoms with van der Waals surface area (Å²) in [4.78, 5) is 27.1. The molecule has 0 aliphatic carbocycles. The molecule has 0 saturated carbocycles. The Balaban J connectivity index is 2.06. The lowest BCUT2D eigenvalue weighted by atomic mass is 9.75. The molecule has 1 atom stereocenters. The van der Waals surface area contributed by atoms with E-state index in [1.165, 1.54) is 5.56 Å².